The van der Waals surface area contributed by atoms with Crippen molar-refractivity contribution in [3.8, 4) is 11.4 Å². The Morgan fingerprint density at radius 2 is 1.37 bits per heavy atom. The normalized spacial score (nSPS) is 11.7. The fourth-order valence-electron chi connectivity index (χ4n) is 2.32. The molecule has 0 bridgehead atoms. The van der Waals surface area contributed by atoms with Crippen LogP contribution in [0.2, 0.25) is 0 Å². The van der Waals surface area contributed by atoms with Crippen LogP contribution < -0.4 is 0 Å². The third-order valence-electron chi connectivity index (χ3n) is 4.79. The summed E-state index contributed by atoms with van der Waals surface area (Å²) >= 11 is 0. The quantitative estimate of drug-likeness (QED) is 0.524. The van der Waals surface area contributed by atoms with Crippen molar-refractivity contribution < 1.29 is 0 Å². The highest BCUT2D eigenvalue weighted by Gasteiger charge is 2.06. The smallest absolute Gasteiger partial charge is 0.138 e. The van der Waals surface area contributed by atoms with E-state index >= 15 is 0 Å². The third-order valence-corrected chi connectivity index (χ3v) is 4.79. The molecular weight excluding hydrogens is 347 g/mol. The average Bonchev–Trinajstić information content (AvgIpc) is 3.02. The molecule has 1 aromatic carbocycles. The van der Waals surface area contributed by atoms with Gasteiger partial charge < -0.3 is 4.98 Å². The molecule has 2 unspecified atom stereocenters. The summed E-state index contributed by atoms with van der Waals surface area (Å²) < 4.78 is 0. The van der Waals surface area contributed by atoms with Crippen LogP contribution in [0, 0.1) is 32.6 Å². The van der Waals surface area contributed by atoms with Gasteiger partial charge in [-0.15, -0.1) is 8.58 Å². The highest BCUT2D eigenvalue weighted by molar-refractivity contribution is 7.35. The number of hydrogen-bond donors (Lipinski definition) is 1. The van der Waals surface area contributed by atoms with Crippen molar-refractivity contribution in [2.75, 3.05) is 13.3 Å². The van der Waals surface area contributed by atoms with Crippen LogP contribution in [0.5, 0.6) is 0 Å². The molecule has 0 amide bonds. The molecule has 0 saturated carbocycles. The lowest BCUT2D eigenvalue weighted by Crippen LogP contribution is -2.04. The molecule has 156 valence electrons. The summed E-state index contributed by atoms with van der Waals surface area (Å²) in [5.41, 5.74) is 4.65. The Balaban J connectivity index is 0. The predicted molar refractivity (Wildman–Crippen MR) is 129 cm³/mol. The first-order valence-electron chi connectivity index (χ1n) is 10.5. The number of aromatic amines is 1. The number of aryl methyl sites for hydroxylation is 3. The van der Waals surface area contributed by atoms with Gasteiger partial charge in [-0.3, -0.25) is 0 Å². The molecule has 0 fully saturated rings. The monoisotopic (exact) mass is 392 g/mol. The maximum atomic E-state index is 4.49. The number of nitrogens with zero attached hydrogens (tertiary/aromatic N) is 1. The molecule has 2 nitrogen and oxygen atoms in total. The minimum absolute atomic E-state index is 0.917. The largest absolute Gasteiger partial charge is 0.342 e. The van der Waals surface area contributed by atoms with Crippen molar-refractivity contribution in [3.63, 3.8) is 0 Å². The zero-order valence-electron chi connectivity index (χ0n) is 19.8. The summed E-state index contributed by atoms with van der Waals surface area (Å²) in [7, 11) is 1.08. The van der Waals surface area contributed by atoms with Gasteiger partial charge in [-0.2, -0.15) is 0 Å². The first kappa shape index (κ1) is 28.1. The second kappa shape index (κ2) is 17.0. The molecule has 2 aromatic rings. The summed E-state index contributed by atoms with van der Waals surface area (Å²) in [6, 6.07) is 8.27. The Morgan fingerprint density at radius 1 is 0.926 bits per heavy atom. The van der Waals surface area contributed by atoms with Gasteiger partial charge in [0.05, 0.1) is 5.69 Å². The Kier molecular flexibility index (Phi) is 17.7. The number of rotatable bonds is 4. The topological polar surface area (TPSA) is 28.7 Å². The first-order valence-corrected chi connectivity index (χ1v) is 12.5. The SMILES string of the molecule is CC.CCC(C)C(C)CC.CPC.Cc1ccccc1-c1nc(C)c(C)[nH]1. The number of imidazole rings is 1. The number of H-pyrrole nitrogens is 1. The standard InChI is InChI=1S/C12H14N2.C8H18.C2H7P.C2H6/c1-8-6-4-5-7-11(8)12-13-9(2)10(3)14-12;1-5-7(3)8(4)6-2;1-3-2;1-2/h4-7H,1-3H3,(H,13,14);7-8H,5-6H2,1-4H3;3H,1-2H3;1-2H3. The van der Waals surface area contributed by atoms with Crippen molar-refractivity contribution in [2.45, 2.75) is 75.2 Å². The fourth-order valence-corrected chi connectivity index (χ4v) is 2.32. The zero-order valence-corrected chi connectivity index (χ0v) is 20.8. The molecule has 1 aromatic heterocycles. The van der Waals surface area contributed by atoms with Crippen LogP contribution in [0.25, 0.3) is 11.4 Å². The van der Waals surface area contributed by atoms with E-state index in [4.69, 9.17) is 0 Å². The molecule has 0 aliphatic carbocycles. The van der Waals surface area contributed by atoms with E-state index in [1.807, 2.05) is 39.8 Å². The Labute approximate surface area is 171 Å². The van der Waals surface area contributed by atoms with Crippen LogP contribution in [0.4, 0.5) is 0 Å². The van der Waals surface area contributed by atoms with E-state index in [0.29, 0.717) is 0 Å². The van der Waals surface area contributed by atoms with Crippen molar-refractivity contribution in [3.05, 3.63) is 41.2 Å². The van der Waals surface area contributed by atoms with Gasteiger partial charge in [0.2, 0.25) is 0 Å². The second-order valence-electron chi connectivity index (χ2n) is 6.88. The molecule has 2 rings (SSSR count). The van der Waals surface area contributed by atoms with Gasteiger partial charge in [-0.1, -0.05) is 78.6 Å². The van der Waals surface area contributed by atoms with Crippen LogP contribution >= 0.6 is 8.58 Å². The van der Waals surface area contributed by atoms with Crippen molar-refractivity contribution >= 4 is 8.58 Å². The lowest BCUT2D eigenvalue weighted by molar-refractivity contribution is 0.367. The van der Waals surface area contributed by atoms with E-state index in [1.54, 1.807) is 0 Å². The number of nitrogens with one attached hydrogen (secondary N) is 1. The van der Waals surface area contributed by atoms with Crippen molar-refractivity contribution in [1.29, 1.82) is 0 Å². The summed E-state index contributed by atoms with van der Waals surface area (Å²) in [5, 5.41) is 0. The molecule has 1 N–H and O–H groups in total. The van der Waals surface area contributed by atoms with Crippen molar-refractivity contribution in [1.82, 2.24) is 9.97 Å². The van der Waals surface area contributed by atoms with E-state index in [2.05, 4.69) is 70.0 Å². The molecule has 1 heterocycles. The van der Waals surface area contributed by atoms with Gasteiger partial charge in [-0.05, 0) is 51.5 Å². The predicted octanol–water partition coefficient (Wildman–Crippen LogP) is 8.03. The van der Waals surface area contributed by atoms with Gasteiger partial charge in [0.1, 0.15) is 5.82 Å². The molecule has 0 spiro atoms. The second-order valence-corrected chi connectivity index (χ2v) is 7.88. The van der Waals surface area contributed by atoms with Crippen molar-refractivity contribution in [2.24, 2.45) is 11.8 Å². The zero-order chi connectivity index (χ0) is 21.4. The molecule has 3 heteroatoms. The van der Waals surface area contributed by atoms with Crippen LogP contribution in [0.15, 0.2) is 24.3 Å². The molecule has 27 heavy (non-hydrogen) atoms. The summed E-state index contributed by atoms with van der Waals surface area (Å²) in [6.45, 7) is 23.6. The molecule has 0 radical (unpaired) electrons. The molecule has 0 aliphatic heterocycles. The third kappa shape index (κ3) is 11.3. The molecular formula is C24H45N2P. The minimum Gasteiger partial charge on any atom is -0.342 e. The molecule has 0 saturated heterocycles. The van der Waals surface area contributed by atoms with E-state index in [9.17, 15) is 0 Å². The van der Waals surface area contributed by atoms with Gasteiger partial charge in [0.15, 0.2) is 0 Å². The fraction of sp³-hybridized carbons (Fsp3) is 0.625. The highest BCUT2D eigenvalue weighted by Crippen LogP contribution is 2.21. The van der Waals surface area contributed by atoms with Gasteiger partial charge >= 0.3 is 0 Å². The van der Waals surface area contributed by atoms with Crippen LogP contribution in [-0.2, 0) is 0 Å². The number of benzene rings is 1. The van der Waals surface area contributed by atoms with Crippen LogP contribution in [0.3, 0.4) is 0 Å². The Bertz CT molecular complexity index is 562. The van der Waals surface area contributed by atoms with E-state index < -0.39 is 0 Å². The minimum atomic E-state index is 0.917. The van der Waals surface area contributed by atoms with E-state index in [0.717, 1.165) is 37.6 Å². The number of aromatic nitrogens is 2. The maximum Gasteiger partial charge on any atom is 0.138 e. The van der Waals surface area contributed by atoms with Gasteiger partial charge in [-0.25, -0.2) is 4.98 Å². The van der Waals surface area contributed by atoms with Gasteiger partial charge in [0, 0.05) is 11.3 Å². The Hall–Kier alpha value is -1.14. The Morgan fingerprint density at radius 3 is 1.70 bits per heavy atom. The molecule has 0 aliphatic rings. The average molecular weight is 393 g/mol. The van der Waals surface area contributed by atoms with Gasteiger partial charge in [0.25, 0.3) is 0 Å². The summed E-state index contributed by atoms with van der Waals surface area (Å²) in [6.07, 6.45) is 2.66. The van der Waals surface area contributed by atoms with Crippen LogP contribution in [0.1, 0.15) is 71.3 Å². The molecule has 2 atom stereocenters. The van der Waals surface area contributed by atoms with E-state index in [-0.39, 0.29) is 0 Å². The summed E-state index contributed by atoms with van der Waals surface area (Å²) in [4.78, 5) is 7.78. The lowest BCUT2D eigenvalue weighted by Gasteiger charge is -2.14. The van der Waals surface area contributed by atoms with Crippen LogP contribution in [-0.4, -0.2) is 23.3 Å². The number of hydrogen-bond acceptors (Lipinski definition) is 1. The highest BCUT2D eigenvalue weighted by atomic mass is 31.1. The maximum absolute atomic E-state index is 4.49. The first-order chi connectivity index (χ1) is 12.8. The lowest BCUT2D eigenvalue weighted by atomic mass is 9.92. The summed E-state index contributed by atoms with van der Waals surface area (Å²) in [5.74, 6) is 2.80. The van der Waals surface area contributed by atoms with E-state index in [1.165, 1.54) is 24.0 Å².